The molecule has 5 nitrogen and oxygen atoms in total. The summed E-state index contributed by atoms with van der Waals surface area (Å²) in [5, 5.41) is 7.10. The third kappa shape index (κ3) is 4.51. The van der Waals surface area contributed by atoms with Crippen molar-refractivity contribution in [1.82, 2.24) is 4.90 Å². The van der Waals surface area contributed by atoms with E-state index in [1.54, 1.807) is 0 Å². The summed E-state index contributed by atoms with van der Waals surface area (Å²) >= 11 is 0. The van der Waals surface area contributed by atoms with E-state index < -0.39 is 0 Å². The van der Waals surface area contributed by atoms with Crippen molar-refractivity contribution in [1.29, 1.82) is 0 Å². The molecule has 3 aliphatic rings. The van der Waals surface area contributed by atoms with E-state index in [2.05, 4.69) is 46.7 Å². The van der Waals surface area contributed by atoms with Gasteiger partial charge in [0.05, 0.1) is 11.4 Å². The van der Waals surface area contributed by atoms with Gasteiger partial charge in [-0.1, -0.05) is 31.2 Å². The van der Waals surface area contributed by atoms with Crippen LogP contribution in [0.5, 0.6) is 0 Å². The summed E-state index contributed by atoms with van der Waals surface area (Å²) in [7, 11) is 0. The minimum Gasteiger partial charge on any atom is -0.397 e. The molecule has 0 radical (unpaired) electrons. The van der Waals surface area contributed by atoms with Gasteiger partial charge in [-0.2, -0.15) is 0 Å². The summed E-state index contributed by atoms with van der Waals surface area (Å²) in [4.78, 5) is 2.66. The Morgan fingerprint density at radius 2 is 1.76 bits per heavy atom. The minimum atomic E-state index is -0.00355. The summed E-state index contributed by atoms with van der Waals surface area (Å²) in [6.07, 6.45) is 5.38. The number of rotatable bonds is 7. The molecule has 0 aromatic heterocycles. The van der Waals surface area contributed by atoms with Crippen LogP contribution in [-0.4, -0.2) is 36.8 Å². The van der Waals surface area contributed by atoms with E-state index in [1.165, 1.54) is 56.6 Å². The lowest BCUT2D eigenvalue weighted by Crippen LogP contribution is -2.41. The first-order chi connectivity index (χ1) is 14.1. The molecule has 2 aliphatic heterocycles. The first kappa shape index (κ1) is 18.8. The van der Waals surface area contributed by atoms with Gasteiger partial charge in [-0.3, -0.25) is 0 Å². The number of nitrogens with one attached hydrogen (secondary N) is 2. The van der Waals surface area contributed by atoms with Crippen LogP contribution in [0.4, 0.5) is 17.1 Å². The Bertz CT molecular complexity index is 840. The third-order valence-electron chi connectivity index (χ3n) is 6.66. The maximum Gasteiger partial charge on any atom is 0.159 e. The number of epoxide rings is 1. The van der Waals surface area contributed by atoms with Crippen LogP contribution in [-0.2, 0) is 4.74 Å². The molecule has 2 aromatic rings. The Hall–Kier alpha value is -2.24. The number of para-hydroxylation sites is 2. The fraction of sp³-hybridized carbons (Fsp3) is 0.500. The highest BCUT2D eigenvalue weighted by atomic mass is 16.6. The number of nitrogens with two attached hydrogens (primary N) is 1. The van der Waals surface area contributed by atoms with Gasteiger partial charge in [-0.25, -0.2) is 0 Å². The molecule has 2 unspecified atom stereocenters. The SMILES string of the molecule is CC1(CN2CCC(Nc3ccc(C4OC4Nc4ccccc4N)cc3)CC2)CC1. The number of hydrogen-bond acceptors (Lipinski definition) is 5. The molecule has 0 amide bonds. The van der Waals surface area contributed by atoms with E-state index in [-0.39, 0.29) is 12.3 Å². The fourth-order valence-corrected chi connectivity index (χ4v) is 4.41. The largest absolute Gasteiger partial charge is 0.397 e. The van der Waals surface area contributed by atoms with E-state index in [0.29, 0.717) is 11.5 Å². The minimum absolute atomic E-state index is 0.00355. The lowest BCUT2D eigenvalue weighted by molar-refractivity contribution is 0.185. The van der Waals surface area contributed by atoms with Gasteiger partial charge in [0.1, 0.15) is 6.10 Å². The van der Waals surface area contributed by atoms with Gasteiger partial charge in [0.2, 0.25) is 0 Å². The molecule has 2 heterocycles. The number of ether oxygens (including phenoxy) is 1. The Balaban J connectivity index is 1.10. The number of benzene rings is 2. The first-order valence-corrected chi connectivity index (χ1v) is 10.9. The van der Waals surface area contributed by atoms with Crippen LogP contribution >= 0.6 is 0 Å². The maximum absolute atomic E-state index is 6.00. The van der Waals surface area contributed by atoms with Crippen molar-refractivity contribution in [2.45, 2.75) is 51.0 Å². The van der Waals surface area contributed by atoms with E-state index >= 15 is 0 Å². The van der Waals surface area contributed by atoms with E-state index in [9.17, 15) is 0 Å². The molecule has 1 aliphatic carbocycles. The van der Waals surface area contributed by atoms with Gasteiger partial charge in [0.25, 0.3) is 0 Å². The summed E-state index contributed by atoms with van der Waals surface area (Å²) in [6, 6.07) is 17.1. The van der Waals surface area contributed by atoms with Crippen LogP contribution in [0.1, 0.15) is 44.3 Å². The molecule has 0 spiro atoms. The van der Waals surface area contributed by atoms with Crippen molar-refractivity contribution < 1.29 is 4.74 Å². The summed E-state index contributed by atoms with van der Waals surface area (Å²) in [5.41, 5.74) is 10.7. The average molecular weight is 393 g/mol. The summed E-state index contributed by atoms with van der Waals surface area (Å²) in [5.74, 6) is 0. The average Bonchev–Trinajstić information content (AvgIpc) is 3.64. The zero-order valence-electron chi connectivity index (χ0n) is 17.2. The molecule has 2 atom stereocenters. The normalized spacial score (nSPS) is 26.1. The summed E-state index contributed by atoms with van der Waals surface area (Å²) < 4.78 is 5.82. The second kappa shape index (κ2) is 7.54. The van der Waals surface area contributed by atoms with Crippen molar-refractivity contribution in [2.24, 2.45) is 5.41 Å². The van der Waals surface area contributed by atoms with Gasteiger partial charge in [0, 0.05) is 31.4 Å². The molecule has 1 saturated carbocycles. The highest BCUT2D eigenvalue weighted by Gasteiger charge is 2.41. The van der Waals surface area contributed by atoms with Crippen LogP contribution in [0, 0.1) is 5.41 Å². The molecule has 5 rings (SSSR count). The van der Waals surface area contributed by atoms with Crippen LogP contribution in [0.2, 0.25) is 0 Å². The molecule has 2 saturated heterocycles. The molecule has 154 valence electrons. The van der Waals surface area contributed by atoms with Gasteiger partial charge < -0.3 is 26.0 Å². The molecule has 29 heavy (non-hydrogen) atoms. The number of anilines is 3. The Morgan fingerprint density at radius 3 is 2.45 bits per heavy atom. The highest BCUT2D eigenvalue weighted by molar-refractivity contribution is 5.66. The lowest BCUT2D eigenvalue weighted by Gasteiger charge is -2.34. The summed E-state index contributed by atoms with van der Waals surface area (Å²) in [6.45, 7) is 6.16. The van der Waals surface area contributed by atoms with E-state index in [4.69, 9.17) is 10.5 Å². The predicted octanol–water partition coefficient (Wildman–Crippen LogP) is 4.45. The van der Waals surface area contributed by atoms with Crippen molar-refractivity contribution in [3.05, 3.63) is 54.1 Å². The number of hydrogen-bond donors (Lipinski definition) is 3. The van der Waals surface area contributed by atoms with Gasteiger partial charge in [-0.15, -0.1) is 0 Å². The zero-order valence-corrected chi connectivity index (χ0v) is 17.2. The van der Waals surface area contributed by atoms with Crippen molar-refractivity contribution >= 4 is 17.1 Å². The molecule has 4 N–H and O–H groups in total. The Kier molecular flexibility index (Phi) is 4.88. The third-order valence-corrected chi connectivity index (χ3v) is 6.66. The molecule has 0 bridgehead atoms. The quantitative estimate of drug-likeness (QED) is 0.480. The monoisotopic (exact) mass is 392 g/mol. The predicted molar refractivity (Wildman–Crippen MR) is 119 cm³/mol. The van der Waals surface area contributed by atoms with Crippen LogP contribution in [0.3, 0.4) is 0 Å². The lowest BCUT2D eigenvalue weighted by atomic mass is 10.0. The number of likely N-dealkylation sites (tertiary alicyclic amines) is 1. The smallest absolute Gasteiger partial charge is 0.159 e. The number of piperidine rings is 1. The van der Waals surface area contributed by atoms with Crippen molar-refractivity contribution in [2.75, 3.05) is 36.0 Å². The van der Waals surface area contributed by atoms with Crippen LogP contribution in [0.15, 0.2) is 48.5 Å². The first-order valence-electron chi connectivity index (χ1n) is 10.9. The van der Waals surface area contributed by atoms with E-state index in [1.807, 2.05) is 24.3 Å². The maximum atomic E-state index is 6.00. The van der Waals surface area contributed by atoms with Crippen molar-refractivity contribution in [3.63, 3.8) is 0 Å². The molecular formula is C24H32N4O. The van der Waals surface area contributed by atoms with Gasteiger partial charge >= 0.3 is 0 Å². The van der Waals surface area contributed by atoms with Gasteiger partial charge in [0.15, 0.2) is 6.23 Å². The highest BCUT2D eigenvalue weighted by Crippen LogP contribution is 2.45. The molecule has 2 aromatic carbocycles. The van der Waals surface area contributed by atoms with E-state index in [0.717, 1.165) is 11.4 Å². The Morgan fingerprint density at radius 1 is 1.03 bits per heavy atom. The molecular weight excluding hydrogens is 360 g/mol. The van der Waals surface area contributed by atoms with Gasteiger partial charge in [-0.05, 0) is 60.9 Å². The number of nitrogen functional groups attached to an aromatic ring is 1. The topological polar surface area (TPSA) is 65.8 Å². The second-order valence-electron chi connectivity index (χ2n) is 9.34. The fourth-order valence-electron chi connectivity index (χ4n) is 4.41. The standard InChI is InChI=1S/C24H32N4O/c1-24(12-13-24)16-28-14-10-19(11-15-28)26-18-8-6-17(7-9-18)22-23(29-22)27-21-5-3-2-4-20(21)25/h2-9,19,22-23,26-27H,10-16,25H2,1H3. The van der Waals surface area contributed by atoms with Crippen LogP contribution < -0.4 is 16.4 Å². The Labute approximate surface area is 173 Å². The second-order valence-corrected chi connectivity index (χ2v) is 9.34. The van der Waals surface area contributed by atoms with Crippen LogP contribution in [0.25, 0.3) is 0 Å². The molecule has 3 fully saturated rings. The zero-order chi connectivity index (χ0) is 19.8. The number of nitrogens with zero attached hydrogens (tertiary/aromatic N) is 1. The molecule has 5 heteroatoms. The van der Waals surface area contributed by atoms with Crippen molar-refractivity contribution in [3.8, 4) is 0 Å².